The highest BCUT2D eigenvalue weighted by atomic mass is 16.5. The van der Waals surface area contributed by atoms with Crippen molar-refractivity contribution in [2.75, 3.05) is 7.11 Å². The van der Waals surface area contributed by atoms with E-state index in [1.54, 1.807) is 19.4 Å². The van der Waals surface area contributed by atoms with Gasteiger partial charge in [0.2, 0.25) is 5.91 Å². The molecule has 4 saturated carbocycles. The molecule has 6 nitrogen and oxygen atoms in total. The van der Waals surface area contributed by atoms with E-state index in [0.717, 1.165) is 28.9 Å². The van der Waals surface area contributed by atoms with Gasteiger partial charge in [0.1, 0.15) is 12.4 Å². The first-order chi connectivity index (χ1) is 13.9. The molecule has 0 heterocycles. The average molecular weight is 399 g/mol. The molecule has 0 unspecified atom stereocenters. The van der Waals surface area contributed by atoms with E-state index < -0.39 is 0 Å². The van der Waals surface area contributed by atoms with E-state index in [9.17, 15) is 9.59 Å². The number of methoxy groups -OCH3 is 1. The van der Waals surface area contributed by atoms with Gasteiger partial charge < -0.3 is 9.47 Å². The Morgan fingerprint density at radius 2 is 1.83 bits per heavy atom. The van der Waals surface area contributed by atoms with Gasteiger partial charge in [-0.3, -0.25) is 9.59 Å². The van der Waals surface area contributed by atoms with Gasteiger partial charge in [-0.05, 0) is 85.5 Å². The van der Waals surface area contributed by atoms with Crippen LogP contribution in [0.2, 0.25) is 0 Å². The lowest BCUT2D eigenvalue weighted by Gasteiger charge is -2.56. The first kappa shape index (κ1) is 19.9. The summed E-state index contributed by atoms with van der Waals surface area (Å²) in [5.74, 6) is 2.83. The van der Waals surface area contributed by atoms with Crippen molar-refractivity contribution in [3.8, 4) is 5.75 Å². The van der Waals surface area contributed by atoms with Crippen molar-refractivity contribution in [2.24, 2.45) is 28.3 Å². The Labute approximate surface area is 172 Å². The van der Waals surface area contributed by atoms with Gasteiger partial charge in [-0.1, -0.05) is 0 Å². The third-order valence-corrected chi connectivity index (χ3v) is 6.84. The summed E-state index contributed by atoms with van der Waals surface area (Å²) in [6, 6.07) is 5.50. The molecule has 0 aromatic heterocycles. The van der Waals surface area contributed by atoms with E-state index in [1.807, 2.05) is 12.1 Å². The molecular formula is C23H30N2O4. The van der Waals surface area contributed by atoms with Gasteiger partial charge in [-0.25, -0.2) is 5.43 Å². The number of ether oxygens (including phenoxy) is 2. The van der Waals surface area contributed by atoms with Crippen LogP contribution in [0.5, 0.6) is 5.75 Å². The fraction of sp³-hybridized carbons (Fsp3) is 0.609. The summed E-state index contributed by atoms with van der Waals surface area (Å²) < 4.78 is 10.4. The van der Waals surface area contributed by atoms with Gasteiger partial charge in [0.05, 0.1) is 13.3 Å². The number of esters is 1. The number of nitrogens with zero attached hydrogens (tertiary/aromatic N) is 1. The number of amides is 1. The van der Waals surface area contributed by atoms with Gasteiger partial charge in [0.25, 0.3) is 0 Å². The highest BCUT2D eigenvalue weighted by Gasteiger charge is 2.51. The Kier molecular flexibility index (Phi) is 5.61. The smallest absolute Gasteiger partial charge is 0.302 e. The maximum Gasteiger partial charge on any atom is 0.302 e. The van der Waals surface area contributed by atoms with Crippen LogP contribution in [0, 0.1) is 23.2 Å². The molecule has 4 bridgehead atoms. The highest BCUT2D eigenvalue weighted by Crippen LogP contribution is 2.61. The molecule has 1 aromatic rings. The summed E-state index contributed by atoms with van der Waals surface area (Å²) in [7, 11) is 1.57. The van der Waals surface area contributed by atoms with Crippen molar-refractivity contribution in [1.82, 2.24) is 5.43 Å². The number of nitrogens with one attached hydrogen (secondary N) is 1. The Hall–Kier alpha value is -2.37. The van der Waals surface area contributed by atoms with Gasteiger partial charge in [0, 0.05) is 18.9 Å². The van der Waals surface area contributed by atoms with Crippen LogP contribution in [-0.2, 0) is 20.9 Å². The molecule has 5 rings (SSSR count). The molecule has 1 N–H and O–H groups in total. The summed E-state index contributed by atoms with van der Waals surface area (Å²) in [6.45, 7) is 1.51. The van der Waals surface area contributed by atoms with Crippen LogP contribution in [-0.4, -0.2) is 25.2 Å². The quantitative estimate of drug-likeness (QED) is 0.430. The Morgan fingerprint density at radius 1 is 1.17 bits per heavy atom. The van der Waals surface area contributed by atoms with E-state index in [-0.39, 0.29) is 23.9 Å². The topological polar surface area (TPSA) is 77.0 Å². The zero-order valence-electron chi connectivity index (χ0n) is 17.3. The zero-order valence-corrected chi connectivity index (χ0v) is 17.3. The Bertz CT molecular complexity index is 782. The minimum atomic E-state index is -0.344. The molecule has 0 spiro atoms. The molecule has 156 valence electrons. The highest BCUT2D eigenvalue weighted by molar-refractivity contribution is 5.83. The van der Waals surface area contributed by atoms with Crippen molar-refractivity contribution in [3.05, 3.63) is 29.3 Å². The van der Waals surface area contributed by atoms with Crippen LogP contribution >= 0.6 is 0 Å². The van der Waals surface area contributed by atoms with E-state index >= 15 is 0 Å². The van der Waals surface area contributed by atoms with Crippen LogP contribution in [0.3, 0.4) is 0 Å². The third kappa shape index (κ3) is 4.62. The standard InChI is InChI=1S/C23H30N2O4/c1-15(26)29-14-20-8-16(3-4-21(20)28-2)13-24-25-22(27)12-23-9-17-5-18(10-23)7-19(6-17)11-23/h3-4,8,13,17-19H,5-7,9-12,14H2,1-2H3,(H,25,27). The van der Waals surface area contributed by atoms with Gasteiger partial charge in [-0.2, -0.15) is 5.10 Å². The van der Waals surface area contributed by atoms with Gasteiger partial charge >= 0.3 is 5.97 Å². The summed E-state index contributed by atoms with van der Waals surface area (Å²) in [4.78, 5) is 23.6. The van der Waals surface area contributed by atoms with Crippen molar-refractivity contribution in [2.45, 2.75) is 58.5 Å². The van der Waals surface area contributed by atoms with Crippen LogP contribution in [0.1, 0.15) is 63.0 Å². The van der Waals surface area contributed by atoms with E-state index in [2.05, 4.69) is 10.5 Å². The number of carbonyl (C=O) groups is 2. The number of hydrazone groups is 1. The van der Waals surface area contributed by atoms with E-state index in [4.69, 9.17) is 9.47 Å². The summed E-state index contributed by atoms with van der Waals surface area (Å²) in [6.07, 6.45) is 10.0. The summed E-state index contributed by atoms with van der Waals surface area (Å²) in [5.41, 5.74) is 4.50. The lowest BCUT2D eigenvalue weighted by atomic mass is 9.49. The molecule has 6 heteroatoms. The summed E-state index contributed by atoms with van der Waals surface area (Å²) >= 11 is 0. The SMILES string of the molecule is COc1ccc(C=NNC(=O)CC23CC4CC(CC(C4)C2)C3)cc1COC(C)=O. The molecular weight excluding hydrogens is 368 g/mol. The molecule has 0 atom stereocenters. The first-order valence-corrected chi connectivity index (χ1v) is 10.6. The summed E-state index contributed by atoms with van der Waals surface area (Å²) in [5, 5.41) is 4.16. The van der Waals surface area contributed by atoms with Crippen LogP contribution in [0.25, 0.3) is 0 Å². The molecule has 4 aliphatic carbocycles. The van der Waals surface area contributed by atoms with Crippen LogP contribution in [0.15, 0.2) is 23.3 Å². The molecule has 29 heavy (non-hydrogen) atoms. The average Bonchev–Trinajstić information content (AvgIpc) is 2.65. The van der Waals surface area contributed by atoms with Crippen molar-refractivity contribution < 1.29 is 19.1 Å². The van der Waals surface area contributed by atoms with Gasteiger partial charge in [-0.15, -0.1) is 0 Å². The molecule has 4 aliphatic rings. The molecule has 0 saturated heterocycles. The molecule has 1 aromatic carbocycles. The predicted molar refractivity (Wildman–Crippen MR) is 109 cm³/mol. The molecule has 0 radical (unpaired) electrons. The van der Waals surface area contributed by atoms with Crippen molar-refractivity contribution in [1.29, 1.82) is 0 Å². The number of rotatable bonds is 7. The normalized spacial score (nSPS) is 29.8. The number of carbonyl (C=O) groups excluding carboxylic acids is 2. The number of hydrogen-bond donors (Lipinski definition) is 1. The van der Waals surface area contributed by atoms with Gasteiger partial charge in [0.15, 0.2) is 0 Å². The lowest BCUT2D eigenvalue weighted by molar-refractivity contribution is -0.142. The maximum absolute atomic E-state index is 12.6. The minimum Gasteiger partial charge on any atom is -0.496 e. The second kappa shape index (κ2) is 8.17. The minimum absolute atomic E-state index is 0.0110. The van der Waals surface area contributed by atoms with Crippen molar-refractivity contribution >= 4 is 18.1 Å². The number of benzene rings is 1. The molecule has 1 amide bonds. The molecule has 4 fully saturated rings. The molecule has 0 aliphatic heterocycles. The first-order valence-electron chi connectivity index (χ1n) is 10.6. The van der Waals surface area contributed by atoms with E-state index in [1.165, 1.54) is 45.4 Å². The third-order valence-electron chi connectivity index (χ3n) is 6.84. The predicted octanol–water partition coefficient (Wildman–Crippen LogP) is 3.81. The fourth-order valence-corrected chi connectivity index (χ4v) is 6.24. The largest absolute Gasteiger partial charge is 0.496 e. The second-order valence-corrected chi connectivity index (χ2v) is 9.24. The Balaban J connectivity index is 1.34. The van der Waals surface area contributed by atoms with Crippen LogP contribution < -0.4 is 10.2 Å². The fourth-order valence-electron chi connectivity index (χ4n) is 6.24. The lowest BCUT2D eigenvalue weighted by Crippen LogP contribution is -2.47. The number of hydrogen-bond acceptors (Lipinski definition) is 5. The monoisotopic (exact) mass is 398 g/mol. The van der Waals surface area contributed by atoms with Crippen molar-refractivity contribution in [3.63, 3.8) is 0 Å². The second-order valence-electron chi connectivity index (χ2n) is 9.24. The van der Waals surface area contributed by atoms with Crippen LogP contribution in [0.4, 0.5) is 0 Å². The Morgan fingerprint density at radius 3 is 2.41 bits per heavy atom. The van der Waals surface area contributed by atoms with E-state index in [0.29, 0.717) is 12.2 Å². The zero-order chi connectivity index (χ0) is 20.4. The maximum atomic E-state index is 12.6.